The number of carbonyl (C=O) groups excluding carboxylic acids is 1. The maximum Gasteiger partial charge on any atom is 0.367 e. The van der Waals surface area contributed by atoms with Crippen molar-refractivity contribution in [3.8, 4) is 0 Å². The lowest BCUT2D eigenvalue weighted by molar-refractivity contribution is -0.152. The Morgan fingerprint density at radius 1 is 0.806 bits per heavy atom. The molecule has 174 valence electrons. The number of alkyl halides is 12. The maximum absolute atomic E-state index is 14.1. The Labute approximate surface area is 188 Å². The van der Waals surface area contributed by atoms with Gasteiger partial charge in [-0.3, -0.25) is 10.6 Å². The zero-order valence-corrected chi connectivity index (χ0v) is 17.3. The van der Waals surface area contributed by atoms with Gasteiger partial charge in [0.25, 0.3) is 5.66 Å². The van der Waals surface area contributed by atoms with E-state index in [0.717, 1.165) is 0 Å². The molecule has 1 aliphatic heterocycles. The summed E-state index contributed by atoms with van der Waals surface area (Å²) in [5.41, 5.74) is -9.70. The number of benzene rings is 1. The molecule has 2 amide bonds. The van der Waals surface area contributed by atoms with Gasteiger partial charge in [-0.25, -0.2) is 9.79 Å². The van der Waals surface area contributed by atoms with Gasteiger partial charge in [-0.15, -0.1) is 0 Å². The number of rotatable bonds is 5. The molecule has 0 bridgehead atoms. The number of amides is 2. The Bertz CT molecular complexity index is 836. The highest BCUT2D eigenvalue weighted by Gasteiger charge is 2.83. The first-order valence-electron chi connectivity index (χ1n) is 7.58. The smallest absolute Gasteiger partial charge is 0.308 e. The third kappa shape index (κ3) is 4.47. The van der Waals surface area contributed by atoms with Gasteiger partial charge < -0.3 is 5.32 Å². The summed E-state index contributed by atoms with van der Waals surface area (Å²) in [6, 6.07) is 5.14. The first-order valence-corrected chi connectivity index (χ1v) is 9.09. The molecule has 0 fully saturated rings. The fourth-order valence-corrected chi connectivity index (χ4v) is 3.55. The van der Waals surface area contributed by atoms with E-state index in [0.29, 0.717) is 5.32 Å². The summed E-state index contributed by atoms with van der Waals surface area (Å²) in [6.07, 6.45) is 0. The second kappa shape index (κ2) is 7.94. The average molecular weight is 542 g/mol. The Morgan fingerprint density at radius 3 is 1.65 bits per heavy atom. The van der Waals surface area contributed by atoms with Crippen molar-refractivity contribution >= 4 is 64.0 Å². The van der Waals surface area contributed by atoms with Crippen molar-refractivity contribution < 1.29 is 39.9 Å². The van der Waals surface area contributed by atoms with Gasteiger partial charge in [0, 0.05) is 5.69 Å². The predicted octanol–water partition coefficient (Wildman–Crippen LogP) is 5.57. The molecule has 0 saturated carbocycles. The average Bonchev–Trinajstić information content (AvgIpc) is 2.92. The van der Waals surface area contributed by atoms with Crippen molar-refractivity contribution in [1.29, 1.82) is 0 Å². The van der Waals surface area contributed by atoms with E-state index >= 15 is 0 Å². The van der Waals surface area contributed by atoms with Crippen LogP contribution in [0.4, 0.5) is 45.6 Å². The zero-order valence-electron chi connectivity index (χ0n) is 14.3. The molecule has 0 radical (unpaired) electrons. The van der Waals surface area contributed by atoms with Crippen LogP contribution in [-0.2, 0) is 0 Å². The number of amidine groups is 1. The number of para-hydroxylation sites is 1. The molecule has 0 aliphatic carbocycles. The second-order valence-corrected chi connectivity index (χ2v) is 7.88. The van der Waals surface area contributed by atoms with Gasteiger partial charge in [0.1, 0.15) is 5.84 Å². The van der Waals surface area contributed by atoms with E-state index in [-0.39, 0.29) is 5.69 Å². The molecule has 0 aromatic heterocycles. The van der Waals surface area contributed by atoms with E-state index in [1.807, 2.05) is 5.32 Å². The Morgan fingerprint density at radius 2 is 1.26 bits per heavy atom. The van der Waals surface area contributed by atoms with Crippen LogP contribution in [-0.4, -0.2) is 44.6 Å². The molecule has 17 heteroatoms. The normalized spacial score (nSPS) is 19.0. The SMILES string of the molecule is O=C(NC1=NC(C(F)(F)Cl)(C(F)(F)Cl)NC1(C(F)(F)Cl)C(F)(F)Cl)Nc1ccccc1. The number of urea groups is 1. The largest absolute Gasteiger partial charge is 0.367 e. The third-order valence-electron chi connectivity index (χ3n) is 3.94. The number of hydrogen-bond acceptors (Lipinski definition) is 3. The van der Waals surface area contributed by atoms with E-state index in [9.17, 15) is 39.9 Å². The highest BCUT2D eigenvalue weighted by atomic mass is 35.5. The molecular formula is C14H8Cl4F8N4O. The number of halogens is 12. The summed E-state index contributed by atoms with van der Waals surface area (Å²) in [5.74, 6) is -2.19. The topological polar surface area (TPSA) is 65.5 Å². The van der Waals surface area contributed by atoms with Crippen molar-refractivity contribution in [2.45, 2.75) is 32.7 Å². The standard InChI is InChI=1S/C14H8Cl4F8N4O/c15-11(19,20)9(12(16,21)22)7(28-8(31)27-6-4-2-1-3-5-6)29-10(30-9,13(17,23)24)14(18,25)26/h1-5,30H,(H2,27,28,29,31). The molecule has 5 nitrogen and oxygen atoms in total. The number of aliphatic imine (C=N–C) groups is 1. The van der Waals surface area contributed by atoms with Crippen LogP contribution in [0.1, 0.15) is 0 Å². The van der Waals surface area contributed by atoms with Gasteiger partial charge in [0.15, 0.2) is 0 Å². The highest BCUT2D eigenvalue weighted by molar-refractivity contribution is 6.32. The van der Waals surface area contributed by atoms with Crippen LogP contribution < -0.4 is 16.0 Å². The molecule has 0 saturated heterocycles. The summed E-state index contributed by atoms with van der Waals surface area (Å²) < 4.78 is 112. The lowest BCUT2D eigenvalue weighted by atomic mass is 9.97. The Hall–Kier alpha value is -1.28. The number of carbonyl (C=O) groups is 1. The Balaban J connectivity index is 2.68. The van der Waals surface area contributed by atoms with E-state index < -0.39 is 44.6 Å². The quantitative estimate of drug-likeness (QED) is 0.337. The summed E-state index contributed by atoms with van der Waals surface area (Å²) >= 11 is 18.5. The van der Waals surface area contributed by atoms with Gasteiger partial charge in [-0.05, 0) is 58.5 Å². The minimum Gasteiger partial charge on any atom is -0.308 e. The van der Waals surface area contributed by atoms with E-state index in [1.165, 1.54) is 35.6 Å². The first kappa shape index (κ1) is 26.0. The minimum atomic E-state index is -5.41. The zero-order chi connectivity index (χ0) is 24.1. The number of nitrogens with zero attached hydrogens (tertiary/aromatic N) is 1. The molecular weight excluding hydrogens is 534 g/mol. The van der Waals surface area contributed by atoms with E-state index in [1.54, 1.807) is 0 Å². The summed E-state index contributed by atoms with van der Waals surface area (Å²) in [5, 5.41) is -17.9. The highest BCUT2D eigenvalue weighted by Crippen LogP contribution is 2.57. The minimum absolute atomic E-state index is 0.0379. The van der Waals surface area contributed by atoms with Gasteiger partial charge in [-0.2, -0.15) is 35.1 Å². The van der Waals surface area contributed by atoms with Crippen molar-refractivity contribution in [3.05, 3.63) is 30.3 Å². The molecule has 0 spiro atoms. The second-order valence-electron chi connectivity index (χ2n) is 5.98. The molecule has 0 unspecified atom stereocenters. The third-order valence-corrected chi connectivity index (χ3v) is 5.05. The molecule has 1 heterocycles. The van der Waals surface area contributed by atoms with Crippen LogP contribution in [0.5, 0.6) is 0 Å². The van der Waals surface area contributed by atoms with Gasteiger partial charge in [-0.1, -0.05) is 18.2 Å². The summed E-state index contributed by atoms with van der Waals surface area (Å²) in [6.45, 7) is 0. The predicted molar refractivity (Wildman–Crippen MR) is 97.8 cm³/mol. The van der Waals surface area contributed by atoms with Crippen molar-refractivity contribution in [2.75, 3.05) is 5.32 Å². The van der Waals surface area contributed by atoms with Crippen molar-refractivity contribution in [2.24, 2.45) is 4.99 Å². The monoisotopic (exact) mass is 540 g/mol. The maximum atomic E-state index is 14.1. The molecule has 3 N–H and O–H groups in total. The number of hydrogen-bond donors (Lipinski definition) is 3. The van der Waals surface area contributed by atoms with Crippen LogP contribution in [0, 0.1) is 0 Å². The number of nitrogens with one attached hydrogen (secondary N) is 3. The fourth-order valence-electron chi connectivity index (χ4n) is 2.52. The van der Waals surface area contributed by atoms with Crippen LogP contribution in [0.15, 0.2) is 35.3 Å². The van der Waals surface area contributed by atoms with E-state index in [4.69, 9.17) is 0 Å². The van der Waals surface area contributed by atoms with Crippen LogP contribution in [0.25, 0.3) is 0 Å². The molecule has 1 aliphatic rings. The van der Waals surface area contributed by atoms with Crippen LogP contribution >= 0.6 is 46.4 Å². The van der Waals surface area contributed by atoms with Crippen LogP contribution in [0.3, 0.4) is 0 Å². The molecule has 1 aromatic carbocycles. The van der Waals surface area contributed by atoms with Crippen molar-refractivity contribution in [3.63, 3.8) is 0 Å². The van der Waals surface area contributed by atoms with E-state index in [2.05, 4.69) is 51.4 Å². The molecule has 0 atom stereocenters. The van der Waals surface area contributed by atoms with Crippen molar-refractivity contribution in [1.82, 2.24) is 10.6 Å². The lowest BCUT2D eigenvalue weighted by Crippen LogP contribution is -2.76. The van der Waals surface area contributed by atoms with Gasteiger partial charge >= 0.3 is 27.6 Å². The first-order chi connectivity index (χ1) is 13.8. The lowest BCUT2D eigenvalue weighted by Gasteiger charge is -2.41. The molecule has 2 rings (SSSR count). The fraction of sp³-hybridized carbons (Fsp3) is 0.429. The molecule has 1 aromatic rings. The Kier molecular flexibility index (Phi) is 6.65. The molecule has 31 heavy (non-hydrogen) atoms. The van der Waals surface area contributed by atoms with Gasteiger partial charge in [0.05, 0.1) is 0 Å². The number of anilines is 1. The summed E-state index contributed by atoms with van der Waals surface area (Å²) in [4.78, 5) is 14.5. The van der Waals surface area contributed by atoms with Crippen LogP contribution in [0.2, 0.25) is 0 Å². The van der Waals surface area contributed by atoms with Gasteiger partial charge in [0.2, 0.25) is 5.54 Å². The summed E-state index contributed by atoms with van der Waals surface area (Å²) in [7, 11) is 0.